The second-order valence-electron chi connectivity index (χ2n) is 23.9. The Morgan fingerprint density at radius 2 is 0.722 bits per heavy atom. The van der Waals surface area contributed by atoms with Gasteiger partial charge in [0.05, 0.1) is 27.5 Å². The summed E-state index contributed by atoms with van der Waals surface area (Å²) in [5, 5.41) is 10.5. The van der Waals surface area contributed by atoms with Crippen molar-refractivity contribution in [1.29, 1.82) is 0 Å². The third kappa shape index (κ3) is 8.77. The van der Waals surface area contributed by atoms with Crippen molar-refractivity contribution in [3.05, 3.63) is 203 Å². The molecule has 0 bridgehead atoms. The summed E-state index contributed by atoms with van der Waals surface area (Å²) in [4.78, 5) is 5.17. The maximum Gasteiger partial charge on any atom is 0.0775 e. The van der Waals surface area contributed by atoms with Crippen molar-refractivity contribution in [1.82, 2.24) is 0 Å². The maximum absolute atomic E-state index is 2.59. The maximum atomic E-state index is 2.59. The van der Waals surface area contributed by atoms with Crippen molar-refractivity contribution >= 4 is 93.0 Å². The molecule has 362 valence electrons. The fraction of sp³-hybridized carbons (Fsp3) is 0.235. The van der Waals surface area contributed by atoms with Crippen molar-refractivity contribution < 1.29 is 0 Å². The zero-order chi connectivity index (χ0) is 51.2. The lowest BCUT2D eigenvalue weighted by Crippen LogP contribution is -2.37. The Kier molecular flexibility index (Phi) is 12.3. The molecular formula is C68H72N2Si2. The van der Waals surface area contributed by atoms with Crippen LogP contribution in [0.3, 0.4) is 0 Å². The zero-order valence-electron chi connectivity index (χ0n) is 45.5. The van der Waals surface area contributed by atoms with E-state index in [1.807, 2.05) is 0 Å². The summed E-state index contributed by atoms with van der Waals surface area (Å²) >= 11 is 0. The fourth-order valence-corrected chi connectivity index (χ4v) is 13.6. The molecule has 0 amide bonds. The normalized spacial score (nSPS) is 12.4. The monoisotopic (exact) mass is 973 g/mol. The highest BCUT2D eigenvalue weighted by Gasteiger charge is 2.29. The molecule has 0 spiro atoms. The first-order valence-corrected chi connectivity index (χ1v) is 33.0. The summed E-state index contributed by atoms with van der Waals surface area (Å²) in [5.74, 6) is 0. The first kappa shape index (κ1) is 48.9. The molecule has 0 fully saturated rings. The van der Waals surface area contributed by atoms with Crippen LogP contribution >= 0.6 is 0 Å². The molecule has 0 unspecified atom stereocenters. The van der Waals surface area contributed by atoms with Crippen LogP contribution in [-0.2, 0) is 5.41 Å². The number of anilines is 6. The van der Waals surface area contributed by atoms with Gasteiger partial charge in [-0.1, -0.05) is 192 Å². The third-order valence-electron chi connectivity index (χ3n) is 15.4. The number of hydrogen-bond acceptors (Lipinski definition) is 2. The van der Waals surface area contributed by atoms with Crippen LogP contribution < -0.4 is 20.2 Å². The van der Waals surface area contributed by atoms with E-state index in [1.54, 1.807) is 0 Å². The second kappa shape index (κ2) is 18.1. The van der Waals surface area contributed by atoms with E-state index in [9.17, 15) is 0 Å². The quantitative estimate of drug-likeness (QED) is 0.0995. The van der Waals surface area contributed by atoms with E-state index in [0.29, 0.717) is 0 Å². The third-order valence-corrected chi connectivity index (χ3v) is 19.6. The first-order valence-electron chi connectivity index (χ1n) is 26.0. The predicted molar refractivity (Wildman–Crippen MR) is 323 cm³/mol. The minimum Gasteiger partial charge on any atom is -0.310 e. The van der Waals surface area contributed by atoms with E-state index >= 15 is 0 Å². The highest BCUT2D eigenvalue weighted by atomic mass is 28.3. The van der Waals surface area contributed by atoms with Crippen LogP contribution in [0.5, 0.6) is 0 Å². The molecule has 0 heterocycles. The second-order valence-corrected chi connectivity index (χ2v) is 34.0. The van der Waals surface area contributed by atoms with Crippen LogP contribution in [0.25, 0.3) is 54.6 Å². The highest BCUT2D eigenvalue weighted by molar-refractivity contribution is 6.89. The number of aryl methyl sites for hydroxylation is 6. The Hall–Kier alpha value is -6.73. The topological polar surface area (TPSA) is 6.48 Å². The molecule has 4 heteroatoms. The molecule has 0 saturated carbocycles. The van der Waals surface area contributed by atoms with Crippen molar-refractivity contribution in [2.24, 2.45) is 0 Å². The lowest BCUT2D eigenvalue weighted by atomic mass is 9.83. The van der Waals surface area contributed by atoms with Crippen LogP contribution in [-0.4, -0.2) is 16.1 Å². The standard InChI is InChI=1S/C68H72N2Si2/c1-43-22-24-51(64-45(3)18-16-19-46(64)4)40-60(43)69(54-28-32-56(33-29-54)71(10,11)12)62-42-63(59-37-27-50-39-53(68(7,8)9)38-49-26-36-58(62)67(59)66(49)50)70(55-30-34-57(35-31-55)72(13,14)15)61-41-52(25-23-44(61)2)65-47(5)20-17-21-48(65)6/h16-42H,1-15H3. The van der Waals surface area contributed by atoms with Crippen LogP contribution in [0.15, 0.2) is 164 Å². The lowest BCUT2D eigenvalue weighted by Gasteiger charge is -2.34. The minimum atomic E-state index is -1.61. The Morgan fingerprint density at radius 1 is 0.347 bits per heavy atom. The molecule has 10 aromatic carbocycles. The van der Waals surface area contributed by atoms with E-state index in [2.05, 4.69) is 275 Å². The van der Waals surface area contributed by atoms with Gasteiger partial charge in [-0.3, -0.25) is 0 Å². The van der Waals surface area contributed by atoms with Gasteiger partial charge < -0.3 is 9.80 Å². The van der Waals surface area contributed by atoms with Crippen LogP contribution in [0.1, 0.15) is 59.7 Å². The largest absolute Gasteiger partial charge is 0.310 e. The molecule has 0 aliphatic heterocycles. The van der Waals surface area contributed by atoms with Gasteiger partial charge in [0.2, 0.25) is 0 Å². The minimum absolute atomic E-state index is 0.00543. The van der Waals surface area contributed by atoms with Gasteiger partial charge in [0.1, 0.15) is 0 Å². The molecule has 0 aromatic heterocycles. The molecule has 0 saturated heterocycles. The summed E-state index contributed by atoms with van der Waals surface area (Å²) in [7, 11) is -3.22. The molecule has 0 atom stereocenters. The Morgan fingerprint density at radius 3 is 1.07 bits per heavy atom. The van der Waals surface area contributed by atoms with Crippen molar-refractivity contribution in [2.75, 3.05) is 9.80 Å². The SMILES string of the molecule is Cc1ccc(-c2c(C)cccc2C)cc1N(c1ccc([Si](C)(C)C)cc1)c1cc(N(c2ccc([Si](C)(C)C)cc2)c2cc(-c3c(C)cccc3C)ccc2C)c2ccc3cc(C(C)(C)C)cc4ccc1c2c43. The molecule has 2 nitrogen and oxygen atoms in total. The van der Waals surface area contributed by atoms with Crippen molar-refractivity contribution in [2.45, 2.75) is 107 Å². The van der Waals surface area contributed by atoms with E-state index in [-0.39, 0.29) is 5.41 Å². The Balaban J connectivity index is 1.36. The zero-order valence-corrected chi connectivity index (χ0v) is 47.5. The number of rotatable bonds is 10. The van der Waals surface area contributed by atoms with Gasteiger partial charge in [-0.2, -0.15) is 0 Å². The van der Waals surface area contributed by atoms with Crippen molar-refractivity contribution in [3.8, 4) is 22.3 Å². The summed E-state index contributed by atoms with van der Waals surface area (Å²) < 4.78 is 0. The van der Waals surface area contributed by atoms with Crippen LogP contribution in [0.4, 0.5) is 34.1 Å². The van der Waals surface area contributed by atoms with Gasteiger partial charge in [0, 0.05) is 38.9 Å². The number of hydrogen-bond donors (Lipinski definition) is 0. The predicted octanol–water partition coefficient (Wildman–Crippen LogP) is 19.1. The Bertz CT molecular complexity index is 3420. The summed E-state index contributed by atoms with van der Waals surface area (Å²) in [6.07, 6.45) is 0. The number of benzene rings is 10. The van der Waals surface area contributed by atoms with Gasteiger partial charge in [0.25, 0.3) is 0 Å². The van der Waals surface area contributed by atoms with E-state index in [1.165, 1.54) is 115 Å². The van der Waals surface area contributed by atoms with Gasteiger partial charge >= 0.3 is 0 Å². The van der Waals surface area contributed by atoms with Crippen LogP contribution in [0.2, 0.25) is 39.3 Å². The Labute approximate surface area is 432 Å². The molecular weight excluding hydrogens is 901 g/mol. The van der Waals surface area contributed by atoms with E-state index in [4.69, 9.17) is 0 Å². The smallest absolute Gasteiger partial charge is 0.0775 e. The molecule has 0 aliphatic carbocycles. The summed E-state index contributed by atoms with van der Waals surface area (Å²) in [6, 6.07) is 63.7. The van der Waals surface area contributed by atoms with Gasteiger partial charge in [-0.15, -0.1) is 0 Å². The molecule has 10 rings (SSSR count). The number of nitrogens with zero attached hydrogens (tertiary/aromatic N) is 2. The molecule has 72 heavy (non-hydrogen) atoms. The molecule has 10 aromatic rings. The van der Waals surface area contributed by atoms with Gasteiger partial charge in [-0.05, 0) is 167 Å². The van der Waals surface area contributed by atoms with Gasteiger partial charge in [0.15, 0.2) is 0 Å². The fourth-order valence-electron chi connectivity index (χ4n) is 11.3. The average molecular weight is 974 g/mol. The first-order chi connectivity index (χ1) is 34.1. The highest BCUT2D eigenvalue weighted by Crippen LogP contribution is 2.52. The van der Waals surface area contributed by atoms with E-state index < -0.39 is 16.1 Å². The lowest BCUT2D eigenvalue weighted by molar-refractivity contribution is 0.591. The van der Waals surface area contributed by atoms with Crippen LogP contribution in [0, 0.1) is 41.5 Å². The average Bonchev–Trinajstić information content (AvgIpc) is 3.32. The molecule has 0 radical (unpaired) electrons. The summed E-state index contributed by atoms with van der Waals surface area (Å²) in [5.41, 5.74) is 20.9. The molecule has 0 N–H and O–H groups in total. The summed E-state index contributed by atoms with van der Waals surface area (Å²) in [6.45, 7) is 35.2. The molecule has 0 aliphatic rings. The van der Waals surface area contributed by atoms with Gasteiger partial charge in [-0.25, -0.2) is 0 Å². The van der Waals surface area contributed by atoms with Crippen molar-refractivity contribution in [3.63, 3.8) is 0 Å². The van der Waals surface area contributed by atoms with E-state index in [0.717, 1.165) is 22.7 Å².